The zero-order chi connectivity index (χ0) is 15.0. The molecule has 0 aromatic heterocycles. The molecule has 6 nitrogen and oxygen atoms in total. The Labute approximate surface area is 110 Å². The number of hydrogen-bond acceptors (Lipinski definition) is 3. The van der Waals surface area contributed by atoms with Crippen molar-refractivity contribution >= 4 is 31.2 Å². The van der Waals surface area contributed by atoms with Gasteiger partial charge in [0, 0.05) is 0 Å². The smallest absolute Gasteiger partial charge is 0.335 e. The summed E-state index contributed by atoms with van der Waals surface area (Å²) >= 11 is 0. The van der Waals surface area contributed by atoms with Crippen LogP contribution in [-0.2, 0) is 0 Å². The largest absolute Gasteiger partial charge is 0.478 e. The molecule has 0 saturated carbocycles. The first-order chi connectivity index (χ1) is 8.55. The van der Waals surface area contributed by atoms with Crippen LogP contribution in [0, 0.1) is 0 Å². The van der Waals surface area contributed by atoms with Crippen LogP contribution < -0.4 is 5.19 Å². The van der Waals surface area contributed by atoms with Crippen molar-refractivity contribution in [3.8, 4) is 0 Å². The Morgan fingerprint density at radius 1 is 0.842 bits per heavy atom. The summed E-state index contributed by atoms with van der Waals surface area (Å²) in [6, 6.07) is 2.04. The molecule has 0 amide bonds. The van der Waals surface area contributed by atoms with Gasteiger partial charge in [-0.3, -0.25) is 0 Å². The van der Waals surface area contributed by atoms with Gasteiger partial charge in [0.25, 0.3) is 0 Å². The van der Waals surface area contributed by atoms with E-state index >= 15 is 0 Å². The molecule has 19 heavy (non-hydrogen) atoms. The average molecular weight is 282 g/mol. The molecule has 1 aromatic carbocycles. The molecule has 3 N–H and O–H groups in total. The lowest BCUT2D eigenvalue weighted by Crippen LogP contribution is -2.45. The summed E-state index contributed by atoms with van der Waals surface area (Å²) in [6.45, 7) is 5.42. The van der Waals surface area contributed by atoms with E-state index in [2.05, 4.69) is 0 Å². The summed E-state index contributed by atoms with van der Waals surface area (Å²) in [6.07, 6.45) is 0. The quantitative estimate of drug-likeness (QED) is 0.718. The predicted octanol–water partition coefficient (Wildman–Crippen LogP) is 1.33. The molecular weight excluding hydrogens is 268 g/mol. The van der Waals surface area contributed by atoms with Gasteiger partial charge in [0.15, 0.2) is 0 Å². The highest BCUT2D eigenvalue weighted by atomic mass is 28.3. The molecule has 0 unspecified atom stereocenters. The van der Waals surface area contributed by atoms with Gasteiger partial charge in [0.2, 0.25) is 0 Å². The summed E-state index contributed by atoms with van der Waals surface area (Å²) in [7, 11) is -2.26. The zero-order valence-corrected chi connectivity index (χ0v) is 11.7. The van der Waals surface area contributed by atoms with Gasteiger partial charge in [0.05, 0.1) is 24.8 Å². The average Bonchev–Trinajstić information content (AvgIpc) is 2.25. The Hall–Kier alpha value is -2.15. The normalized spacial score (nSPS) is 11.1. The molecule has 0 aliphatic heterocycles. The Kier molecular flexibility index (Phi) is 3.80. The van der Waals surface area contributed by atoms with Crippen LogP contribution in [0.5, 0.6) is 0 Å². The Bertz CT molecular complexity index is 535. The first kappa shape index (κ1) is 14.9. The van der Waals surface area contributed by atoms with Crippen LogP contribution in [0.25, 0.3) is 0 Å². The van der Waals surface area contributed by atoms with Crippen molar-refractivity contribution in [3.63, 3.8) is 0 Å². The fourth-order valence-corrected chi connectivity index (χ4v) is 3.89. The fourth-order valence-electron chi connectivity index (χ4n) is 1.91. The molecule has 0 heterocycles. The Balaban J connectivity index is 3.81. The third kappa shape index (κ3) is 3.00. The minimum absolute atomic E-state index is 0.239. The molecular formula is C12H14O6Si. The molecule has 0 atom stereocenters. The molecule has 0 aliphatic rings. The lowest BCUT2D eigenvalue weighted by molar-refractivity contribution is 0.0696. The molecule has 0 bridgehead atoms. The van der Waals surface area contributed by atoms with Crippen LogP contribution in [0.3, 0.4) is 0 Å². The number of carboxylic acids is 3. The highest BCUT2D eigenvalue weighted by molar-refractivity contribution is 6.90. The monoisotopic (exact) mass is 282 g/mol. The SMILES string of the molecule is C[Si](C)(C)c1c(C(=O)O)cc(C(=O)O)cc1C(=O)O. The van der Waals surface area contributed by atoms with E-state index < -0.39 is 26.0 Å². The summed E-state index contributed by atoms with van der Waals surface area (Å²) in [4.78, 5) is 33.4. The van der Waals surface area contributed by atoms with Gasteiger partial charge >= 0.3 is 17.9 Å². The van der Waals surface area contributed by atoms with Crippen LogP contribution in [0.2, 0.25) is 19.6 Å². The van der Waals surface area contributed by atoms with Crippen LogP contribution >= 0.6 is 0 Å². The van der Waals surface area contributed by atoms with Crippen molar-refractivity contribution in [3.05, 3.63) is 28.8 Å². The molecule has 7 heteroatoms. The molecule has 102 valence electrons. The maximum atomic E-state index is 11.3. The standard InChI is InChI=1S/C12H14O6Si/c1-19(2,3)9-7(11(15)16)4-6(10(13)14)5-8(9)12(17)18/h4-5H,1-3H3,(H,13,14)(H,15,16)(H,17,18). The fraction of sp³-hybridized carbons (Fsp3) is 0.250. The van der Waals surface area contributed by atoms with Gasteiger partial charge in [-0.15, -0.1) is 0 Å². The van der Waals surface area contributed by atoms with Gasteiger partial charge in [-0.2, -0.15) is 0 Å². The van der Waals surface area contributed by atoms with Crippen molar-refractivity contribution in [1.29, 1.82) is 0 Å². The molecule has 1 aromatic rings. The molecule has 0 saturated heterocycles. The van der Waals surface area contributed by atoms with Crippen molar-refractivity contribution < 1.29 is 29.7 Å². The van der Waals surface area contributed by atoms with Crippen LogP contribution in [0.15, 0.2) is 12.1 Å². The third-order valence-electron chi connectivity index (χ3n) is 2.60. The summed E-state index contributed by atoms with van der Waals surface area (Å²) in [5.74, 6) is -3.99. The molecule has 0 aliphatic carbocycles. The summed E-state index contributed by atoms with van der Waals surface area (Å²) < 4.78 is 0. The van der Waals surface area contributed by atoms with Crippen LogP contribution in [0.1, 0.15) is 31.1 Å². The minimum atomic E-state index is -2.26. The van der Waals surface area contributed by atoms with Gasteiger partial charge in [-0.25, -0.2) is 14.4 Å². The number of benzene rings is 1. The lowest BCUT2D eigenvalue weighted by Gasteiger charge is -2.22. The maximum Gasteiger partial charge on any atom is 0.335 e. The first-order valence-corrected chi connectivity index (χ1v) is 8.94. The highest BCUT2D eigenvalue weighted by Gasteiger charge is 2.30. The molecule has 1 rings (SSSR count). The third-order valence-corrected chi connectivity index (χ3v) is 4.63. The molecule has 0 spiro atoms. The van der Waals surface area contributed by atoms with E-state index in [1.54, 1.807) is 0 Å². The number of aromatic carboxylic acids is 3. The van der Waals surface area contributed by atoms with E-state index in [1.165, 1.54) is 0 Å². The molecule has 0 fully saturated rings. The van der Waals surface area contributed by atoms with E-state index in [0.29, 0.717) is 0 Å². The topological polar surface area (TPSA) is 112 Å². The second-order valence-corrected chi connectivity index (χ2v) is 10.1. The number of carboxylic acid groups (broad SMARTS) is 3. The van der Waals surface area contributed by atoms with Gasteiger partial charge in [-0.1, -0.05) is 19.6 Å². The predicted molar refractivity (Wildman–Crippen MR) is 70.3 cm³/mol. The Morgan fingerprint density at radius 2 is 1.21 bits per heavy atom. The van der Waals surface area contributed by atoms with Gasteiger partial charge in [0.1, 0.15) is 0 Å². The maximum absolute atomic E-state index is 11.3. The highest BCUT2D eigenvalue weighted by Crippen LogP contribution is 2.15. The number of hydrogen-bond donors (Lipinski definition) is 3. The van der Waals surface area contributed by atoms with Crippen molar-refractivity contribution in [2.75, 3.05) is 0 Å². The van der Waals surface area contributed by atoms with Crippen molar-refractivity contribution in [1.82, 2.24) is 0 Å². The van der Waals surface area contributed by atoms with E-state index in [-0.39, 0.29) is 21.9 Å². The van der Waals surface area contributed by atoms with Gasteiger partial charge in [-0.05, 0) is 17.3 Å². The van der Waals surface area contributed by atoms with Crippen molar-refractivity contribution in [2.24, 2.45) is 0 Å². The number of rotatable bonds is 4. The van der Waals surface area contributed by atoms with E-state index in [1.807, 2.05) is 19.6 Å². The summed E-state index contributed by atoms with van der Waals surface area (Å²) in [5.41, 5.74) is -0.815. The minimum Gasteiger partial charge on any atom is -0.478 e. The number of carbonyl (C=O) groups is 3. The van der Waals surface area contributed by atoms with E-state index in [9.17, 15) is 24.6 Å². The van der Waals surface area contributed by atoms with Gasteiger partial charge < -0.3 is 15.3 Å². The van der Waals surface area contributed by atoms with Crippen LogP contribution in [0.4, 0.5) is 0 Å². The second-order valence-electron chi connectivity index (χ2n) is 5.11. The summed E-state index contributed by atoms with van der Waals surface area (Å²) in [5, 5.41) is 27.5. The first-order valence-electron chi connectivity index (χ1n) is 5.44. The van der Waals surface area contributed by atoms with Crippen molar-refractivity contribution in [2.45, 2.75) is 19.6 Å². The lowest BCUT2D eigenvalue weighted by atomic mass is 10.1. The van der Waals surface area contributed by atoms with E-state index in [4.69, 9.17) is 5.11 Å². The Morgan fingerprint density at radius 3 is 1.42 bits per heavy atom. The molecule has 0 radical (unpaired) electrons. The zero-order valence-electron chi connectivity index (χ0n) is 10.7. The second kappa shape index (κ2) is 4.85. The van der Waals surface area contributed by atoms with Crippen LogP contribution in [-0.4, -0.2) is 41.3 Å². The van der Waals surface area contributed by atoms with E-state index in [0.717, 1.165) is 12.1 Å².